The van der Waals surface area contributed by atoms with Crippen molar-refractivity contribution >= 4 is 27.5 Å². The van der Waals surface area contributed by atoms with Crippen LogP contribution < -0.4 is 5.32 Å². The van der Waals surface area contributed by atoms with Crippen LogP contribution in [0.5, 0.6) is 0 Å². The Kier molecular flexibility index (Phi) is 4.64. The van der Waals surface area contributed by atoms with Crippen LogP contribution in [0.1, 0.15) is 31.4 Å². The van der Waals surface area contributed by atoms with E-state index in [2.05, 4.69) is 21.2 Å². The first-order valence-electron chi connectivity index (χ1n) is 6.00. The van der Waals surface area contributed by atoms with Crippen LogP contribution in [0.4, 0.5) is 4.39 Å². The van der Waals surface area contributed by atoms with E-state index in [-0.39, 0.29) is 24.1 Å². The lowest BCUT2D eigenvalue weighted by Gasteiger charge is -2.24. The van der Waals surface area contributed by atoms with Crippen molar-refractivity contribution in [3.63, 3.8) is 0 Å². The van der Waals surface area contributed by atoms with Gasteiger partial charge in [0.1, 0.15) is 5.82 Å². The average Bonchev–Trinajstić information content (AvgIpc) is 2.73. The van der Waals surface area contributed by atoms with Gasteiger partial charge in [-0.3, -0.25) is 0 Å². The number of nitrogens with one attached hydrogen (secondary N) is 1. The topological polar surface area (TPSA) is 21.3 Å². The Bertz CT molecular complexity index is 443. The number of benzene rings is 1. The number of halogens is 3. The van der Waals surface area contributed by atoms with Crippen molar-refractivity contribution in [2.45, 2.75) is 38.0 Å². The molecule has 18 heavy (non-hydrogen) atoms. The van der Waals surface area contributed by atoms with Gasteiger partial charge in [-0.2, -0.15) is 0 Å². The molecule has 2 rings (SSSR count). The minimum Gasteiger partial charge on any atom is -0.373 e. The number of hydrogen-bond acceptors (Lipinski definition) is 2. The molecule has 0 bridgehead atoms. The van der Waals surface area contributed by atoms with Gasteiger partial charge >= 0.3 is 0 Å². The van der Waals surface area contributed by atoms with Crippen molar-refractivity contribution in [3.05, 3.63) is 33.0 Å². The standard InChI is InChI=1S/C13H16BrClFNO/c1-7-3-4-12(18-7)13(17-2)8-5-10(15)9(14)6-11(8)16/h5-7,12-13,17H,3-4H2,1-2H3. The molecule has 1 N–H and O–H groups in total. The second-order valence-electron chi connectivity index (χ2n) is 4.62. The van der Waals surface area contributed by atoms with Gasteiger partial charge in [0.25, 0.3) is 0 Å². The zero-order valence-electron chi connectivity index (χ0n) is 10.3. The molecule has 0 saturated carbocycles. The first kappa shape index (κ1) is 14.3. The maximum atomic E-state index is 14.0. The largest absolute Gasteiger partial charge is 0.373 e. The van der Waals surface area contributed by atoms with Crippen LogP contribution >= 0.6 is 27.5 Å². The van der Waals surface area contributed by atoms with Crippen LogP contribution in [-0.2, 0) is 4.74 Å². The van der Waals surface area contributed by atoms with Gasteiger partial charge in [0.05, 0.1) is 23.3 Å². The van der Waals surface area contributed by atoms with Crippen molar-refractivity contribution in [2.24, 2.45) is 0 Å². The smallest absolute Gasteiger partial charge is 0.129 e. The molecule has 0 radical (unpaired) electrons. The molecule has 1 aliphatic rings. The van der Waals surface area contributed by atoms with Gasteiger partial charge in [-0.05, 0) is 54.9 Å². The molecule has 1 fully saturated rings. The monoisotopic (exact) mass is 335 g/mol. The average molecular weight is 337 g/mol. The van der Waals surface area contributed by atoms with Crippen LogP contribution in [0.15, 0.2) is 16.6 Å². The number of hydrogen-bond donors (Lipinski definition) is 1. The highest BCUT2D eigenvalue weighted by Gasteiger charge is 2.31. The molecule has 1 saturated heterocycles. The van der Waals surface area contributed by atoms with Gasteiger partial charge in [-0.1, -0.05) is 11.6 Å². The van der Waals surface area contributed by atoms with Crippen molar-refractivity contribution in [3.8, 4) is 0 Å². The summed E-state index contributed by atoms with van der Waals surface area (Å²) < 4.78 is 20.4. The fourth-order valence-electron chi connectivity index (χ4n) is 2.40. The van der Waals surface area contributed by atoms with Gasteiger partial charge in [-0.25, -0.2) is 4.39 Å². The number of ether oxygens (including phenoxy) is 1. The van der Waals surface area contributed by atoms with Crippen molar-refractivity contribution in [2.75, 3.05) is 7.05 Å². The van der Waals surface area contributed by atoms with Crippen LogP contribution in [0.3, 0.4) is 0 Å². The molecule has 1 aromatic rings. The van der Waals surface area contributed by atoms with E-state index in [4.69, 9.17) is 16.3 Å². The third kappa shape index (κ3) is 2.87. The van der Waals surface area contributed by atoms with Gasteiger partial charge < -0.3 is 10.1 Å². The van der Waals surface area contributed by atoms with Crippen LogP contribution in [-0.4, -0.2) is 19.3 Å². The summed E-state index contributed by atoms with van der Waals surface area (Å²) in [6.07, 6.45) is 2.17. The molecule has 100 valence electrons. The fraction of sp³-hybridized carbons (Fsp3) is 0.538. The highest BCUT2D eigenvalue weighted by atomic mass is 79.9. The van der Waals surface area contributed by atoms with E-state index in [9.17, 15) is 4.39 Å². The predicted octanol–water partition coefficient (Wildman–Crippen LogP) is 4.07. The van der Waals surface area contributed by atoms with E-state index in [1.807, 2.05) is 14.0 Å². The van der Waals surface area contributed by atoms with E-state index in [0.29, 0.717) is 15.1 Å². The molecule has 3 atom stereocenters. The third-order valence-corrected chi connectivity index (χ3v) is 4.52. The van der Waals surface area contributed by atoms with Gasteiger partial charge in [0, 0.05) is 10.0 Å². The van der Waals surface area contributed by atoms with Crippen molar-refractivity contribution in [1.82, 2.24) is 5.32 Å². The van der Waals surface area contributed by atoms with Gasteiger partial charge in [0.2, 0.25) is 0 Å². The SMILES string of the molecule is CNC(c1cc(Cl)c(Br)cc1F)C1CCC(C)O1. The minimum absolute atomic E-state index is 0.00302. The van der Waals surface area contributed by atoms with Crippen LogP contribution in [0.2, 0.25) is 5.02 Å². The lowest BCUT2D eigenvalue weighted by Crippen LogP contribution is -2.30. The first-order chi connectivity index (χ1) is 8.52. The summed E-state index contributed by atoms with van der Waals surface area (Å²) in [5, 5.41) is 3.64. The van der Waals surface area contributed by atoms with E-state index < -0.39 is 0 Å². The quantitative estimate of drug-likeness (QED) is 0.840. The molecular weight excluding hydrogens is 321 g/mol. The Labute approximate surface area is 120 Å². The highest BCUT2D eigenvalue weighted by molar-refractivity contribution is 9.10. The zero-order valence-corrected chi connectivity index (χ0v) is 12.7. The van der Waals surface area contributed by atoms with Crippen molar-refractivity contribution < 1.29 is 9.13 Å². The molecule has 1 aliphatic heterocycles. The maximum absolute atomic E-state index is 14.0. The van der Waals surface area contributed by atoms with E-state index in [1.54, 1.807) is 6.07 Å². The molecule has 2 nitrogen and oxygen atoms in total. The molecule has 0 amide bonds. The zero-order chi connectivity index (χ0) is 13.3. The molecular formula is C13H16BrClFNO. The lowest BCUT2D eigenvalue weighted by atomic mass is 9.99. The van der Waals surface area contributed by atoms with E-state index >= 15 is 0 Å². The van der Waals surface area contributed by atoms with Gasteiger partial charge in [-0.15, -0.1) is 0 Å². The Balaban J connectivity index is 2.30. The summed E-state index contributed by atoms with van der Waals surface area (Å²) in [6.45, 7) is 2.04. The Morgan fingerprint density at radius 2 is 2.22 bits per heavy atom. The summed E-state index contributed by atoms with van der Waals surface area (Å²) in [5.74, 6) is -0.270. The molecule has 0 aliphatic carbocycles. The Morgan fingerprint density at radius 1 is 1.50 bits per heavy atom. The van der Waals surface area contributed by atoms with Crippen molar-refractivity contribution in [1.29, 1.82) is 0 Å². The molecule has 3 unspecified atom stereocenters. The Morgan fingerprint density at radius 3 is 2.78 bits per heavy atom. The molecule has 5 heteroatoms. The minimum atomic E-state index is -0.270. The van der Waals surface area contributed by atoms with Gasteiger partial charge in [0.15, 0.2) is 0 Å². The normalized spacial score (nSPS) is 25.4. The first-order valence-corrected chi connectivity index (χ1v) is 7.17. The molecule has 1 aromatic carbocycles. The summed E-state index contributed by atoms with van der Waals surface area (Å²) in [6, 6.07) is 2.90. The summed E-state index contributed by atoms with van der Waals surface area (Å²) in [5.41, 5.74) is 0.560. The van der Waals surface area contributed by atoms with Crippen LogP contribution in [0, 0.1) is 5.82 Å². The summed E-state index contributed by atoms with van der Waals surface area (Å²) in [7, 11) is 1.81. The molecule has 0 spiro atoms. The maximum Gasteiger partial charge on any atom is 0.129 e. The lowest BCUT2D eigenvalue weighted by molar-refractivity contribution is 0.0325. The Hall–Kier alpha value is -0.160. The molecule has 0 aromatic heterocycles. The second-order valence-corrected chi connectivity index (χ2v) is 5.88. The number of rotatable bonds is 3. The summed E-state index contributed by atoms with van der Waals surface area (Å²) in [4.78, 5) is 0. The summed E-state index contributed by atoms with van der Waals surface area (Å²) >= 11 is 9.26. The van der Waals surface area contributed by atoms with E-state index in [1.165, 1.54) is 6.07 Å². The predicted molar refractivity (Wildman–Crippen MR) is 74.5 cm³/mol. The fourth-order valence-corrected chi connectivity index (χ4v) is 2.88. The highest BCUT2D eigenvalue weighted by Crippen LogP contribution is 2.34. The number of likely N-dealkylation sites (N-methyl/N-ethyl adjacent to an activating group) is 1. The molecule has 1 heterocycles. The van der Waals surface area contributed by atoms with Crippen LogP contribution in [0.25, 0.3) is 0 Å². The van der Waals surface area contributed by atoms with E-state index in [0.717, 1.165) is 12.8 Å². The third-order valence-electron chi connectivity index (χ3n) is 3.32. The second kappa shape index (κ2) is 5.87.